The van der Waals surface area contributed by atoms with Crippen LogP contribution in [0, 0.1) is 0 Å². The molecule has 0 aliphatic rings. The number of amides is 1. The fraction of sp³-hybridized carbons (Fsp3) is 0.636. The highest BCUT2D eigenvalue weighted by Gasteiger charge is 2.08. The van der Waals surface area contributed by atoms with E-state index in [0.717, 1.165) is 18.0 Å². The van der Waals surface area contributed by atoms with Gasteiger partial charge in [-0.3, -0.25) is 4.79 Å². The Kier molecular flexibility index (Phi) is 6.07. The van der Waals surface area contributed by atoms with E-state index in [1.54, 1.807) is 22.6 Å². The second-order valence-corrected chi connectivity index (χ2v) is 5.10. The molecule has 6 heteroatoms. The Balaban J connectivity index is 2.37. The molecule has 3 N–H and O–H groups in total. The van der Waals surface area contributed by atoms with E-state index in [-0.39, 0.29) is 11.9 Å². The normalized spacial score (nSPS) is 10.8. The van der Waals surface area contributed by atoms with Gasteiger partial charge in [-0.15, -0.1) is 0 Å². The van der Waals surface area contributed by atoms with Crippen molar-refractivity contribution in [1.29, 1.82) is 0 Å². The molecule has 17 heavy (non-hydrogen) atoms. The first-order chi connectivity index (χ1) is 8.15. The lowest BCUT2D eigenvalue weighted by molar-refractivity contribution is -0.113. The quantitative estimate of drug-likeness (QED) is 0.725. The minimum Gasteiger partial charge on any atom is -0.330 e. The lowest BCUT2D eigenvalue weighted by Crippen LogP contribution is -2.18. The van der Waals surface area contributed by atoms with Gasteiger partial charge in [-0.05, 0) is 32.6 Å². The first-order valence-electron chi connectivity index (χ1n) is 5.76. The number of carbonyl (C=O) groups is 1. The van der Waals surface area contributed by atoms with Crippen molar-refractivity contribution in [3.05, 3.63) is 12.3 Å². The largest absolute Gasteiger partial charge is 0.330 e. The third-order valence-electron chi connectivity index (χ3n) is 2.15. The van der Waals surface area contributed by atoms with E-state index in [0.29, 0.717) is 12.3 Å². The number of nitrogens with two attached hydrogens (primary N) is 1. The fourth-order valence-corrected chi connectivity index (χ4v) is 2.13. The summed E-state index contributed by atoms with van der Waals surface area (Å²) in [5.41, 5.74) is 5.38. The van der Waals surface area contributed by atoms with Crippen molar-refractivity contribution in [2.45, 2.75) is 26.3 Å². The van der Waals surface area contributed by atoms with Gasteiger partial charge in [-0.1, -0.05) is 0 Å². The molecular formula is C11H20N4OS. The second-order valence-electron chi connectivity index (χ2n) is 4.00. The van der Waals surface area contributed by atoms with Crippen molar-refractivity contribution in [3.63, 3.8) is 0 Å². The van der Waals surface area contributed by atoms with Crippen LogP contribution >= 0.6 is 11.8 Å². The zero-order valence-electron chi connectivity index (χ0n) is 10.3. The Morgan fingerprint density at radius 3 is 3.06 bits per heavy atom. The fourth-order valence-electron chi connectivity index (χ4n) is 1.35. The van der Waals surface area contributed by atoms with Crippen molar-refractivity contribution in [2.24, 2.45) is 5.73 Å². The van der Waals surface area contributed by atoms with E-state index in [4.69, 9.17) is 5.73 Å². The van der Waals surface area contributed by atoms with E-state index < -0.39 is 0 Å². The molecule has 1 rings (SSSR count). The maximum Gasteiger partial charge on any atom is 0.235 e. The number of thioether (sulfide) groups is 1. The summed E-state index contributed by atoms with van der Waals surface area (Å²) in [4.78, 5) is 11.6. The summed E-state index contributed by atoms with van der Waals surface area (Å²) in [6.45, 7) is 4.73. The average molecular weight is 256 g/mol. The maximum atomic E-state index is 11.6. The Morgan fingerprint density at radius 2 is 2.41 bits per heavy atom. The minimum atomic E-state index is 0.00872. The van der Waals surface area contributed by atoms with Gasteiger partial charge in [-0.25, -0.2) is 4.68 Å². The van der Waals surface area contributed by atoms with Crippen LogP contribution in [0.2, 0.25) is 0 Å². The molecule has 0 unspecified atom stereocenters. The van der Waals surface area contributed by atoms with E-state index in [2.05, 4.69) is 10.4 Å². The van der Waals surface area contributed by atoms with E-state index in [9.17, 15) is 4.79 Å². The summed E-state index contributed by atoms with van der Waals surface area (Å²) in [6, 6.07) is 2.05. The van der Waals surface area contributed by atoms with E-state index >= 15 is 0 Å². The van der Waals surface area contributed by atoms with Gasteiger partial charge in [0.05, 0.1) is 11.9 Å². The number of carbonyl (C=O) groups excluding carboxylic acids is 1. The summed E-state index contributed by atoms with van der Waals surface area (Å²) >= 11 is 1.60. The molecule has 0 fully saturated rings. The zero-order valence-corrected chi connectivity index (χ0v) is 11.2. The molecule has 0 aliphatic heterocycles. The monoisotopic (exact) mass is 256 g/mol. The van der Waals surface area contributed by atoms with Gasteiger partial charge in [0, 0.05) is 12.1 Å². The Bertz CT molecular complexity index is 351. The van der Waals surface area contributed by atoms with Crippen LogP contribution in [0.5, 0.6) is 0 Å². The van der Waals surface area contributed by atoms with Crippen molar-refractivity contribution in [1.82, 2.24) is 9.78 Å². The van der Waals surface area contributed by atoms with Gasteiger partial charge < -0.3 is 11.1 Å². The molecule has 5 nitrogen and oxygen atoms in total. The lowest BCUT2D eigenvalue weighted by Gasteiger charge is -2.11. The molecule has 0 saturated carbocycles. The Morgan fingerprint density at radius 1 is 1.65 bits per heavy atom. The van der Waals surface area contributed by atoms with Crippen molar-refractivity contribution >= 4 is 23.5 Å². The number of rotatable bonds is 7. The lowest BCUT2D eigenvalue weighted by atomic mass is 10.4. The molecule has 0 spiro atoms. The highest BCUT2D eigenvalue weighted by atomic mass is 32.2. The van der Waals surface area contributed by atoms with Gasteiger partial charge in [0.25, 0.3) is 0 Å². The van der Waals surface area contributed by atoms with Crippen molar-refractivity contribution in [3.8, 4) is 0 Å². The summed E-state index contributed by atoms with van der Waals surface area (Å²) in [7, 11) is 0. The summed E-state index contributed by atoms with van der Waals surface area (Å²) < 4.78 is 1.79. The minimum absolute atomic E-state index is 0.00872. The number of anilines is 1. The zero-order chi connectivity index (χ0) is 12.7. The van der Waals surface area contributed by atoms with Crippen LogP contribution in [0.3, 0.4) is 0 Å². The molecule has 0 aromatic carbocycles. The number of nitrogens with zero attached hydrogens (tertiary/aromatic N) is 2. The van der Waals surface area contributed by atoms with Crippen LogP contribution in [0.15, 0.2) is 12.3 Å². The Hall–Kier alpha value is -1.01. The van der Waals surface area contributed by atoms with Crippen LogP contribution in [0.4, 0.5) is 5.82 Å². The van der Waals surface area contributed by atoms with Crippen LogP contribution in [-0.2, 0) is 4.79 Å². The highest BCUT2D eigenvalue weighted by molar-refractivity contribution is 7.99. The van der Waals surface area contributed by atoms with E-state index in [1.807, 2.05) is 19.9 Å². The molecule has 0 radical (unpaired) electrons. The summed E-state index contributed by atoms with van der Waals surface area (Å²) in [5.74, 6) is 2.15. The van der Waals surface area contributed by atoms with Crippen LogP contribution in [0.25, 0.3) is 0 Å². The predicted molar refractivity (Wildman–Crippen MR) is 72.2 cm³/mol. The molecule has 1 amide bonds. The molecule has 96 valence electrons. The van der Waals surface area contributed by atoms with Crippen molar-refractivity contribution in [2.75, 3.05) is 23.4 Å². The third-order valence-corrected chi connectivity index (χ3v) is 3.20. The summed E-state index contributed by atoms with van der Waals surface area (Å²) in [6.07, 6.45) is 2.64. The van der Waals surface area contributed by atoms with Crippen molar-refractivity contribution < 1.29 is 4.79 Å². The second kappa shape index (κ2) is 7.34. The predicted octanol–water partition coefficient (Wildman–Crippen LogP) is 1.48. The average Bonchev–Trinajstić information content (AvgIpc) is 2.72. The van der Waals surface area contributed by atoms with Gasteiger partial charge in [-0.2, -0.15) is 16.9 Å². The molecule has 0 aliphatic carbocycles. The van der Waals surface area contributed by atoms with Crippen LogP contribution in [0.1, 0.15) is 26.3 Å². The van der Waals surface area contributed by atoms with Crippen LogP contribution in [-0.4, -0.2) is 33.7 Å². The van der Waals surface area contributed by atoms with Gasteiger partial charge in [0.1, 0.15) is 5.82 Å². The SMILES string of the molecule is CC(C)n1nccc1NC(=O)CSCCCN. The highest BCUT2D eigenvalue weighted by Crippen LogP contribution is 2.13. The topological polar surface area (TPSA) is 72.9 Å². The molecule has 1 aromatic heterocycles. The van der Waals surface area contributed by atoms with Gasteiger partial charge >= 0.3 is 0 Å². The first-order valence-corrected chi connectivity index (χ1v) is 6.91. The molecule has 0 saturated heterocycles. The molecule has 1 heterocycles. The molecule has 0 bridgehead atoms. The number of hydrogen-bond acceptors (Lipinski definition) is 4. The first kappa shape index (κ1) is 14.1. The summed E-state index contributed by atoms with van der Waals surface area (Å²) in [5, 5.41) is 7.02. The molecule has 0 atom stereocenters. The maximum absolute atomic E-state index is 11.6. The third kappa shape index (κ3) is 4.79. The standard InChI is InChI=1S/C11H20N4OS/c1-9(2)15-10(4-6-13-15)14-11(16)8-17-7-3-5-12/h4,6,9H,3,5,7-8,12H2,1-2H3,(H,14,16). The number of hydrogen-bond donors (Lipinski definition) is 2. The van der Waals surface area contributed by atoms with E-state index in [1.165, 1.54) is 0 Å². The van der Waals surface area contributed by atoms with Gasteiger partial charge in [0.2, 0.25) is 5.91 Å². The number of aromatic nitrogens is 2. The molecular weight excluding hydrogens is 236 g/mol. The van der Waals surface area contributed by atoms with Gasteiger partial charge in [0.15, 0.2) is 0 Å². The smallest absolute Gasteiger partial charge is 0.235 e. The number of nitrogens with one attached hydrogen (secondary N) is 1. The van der Waals surface area contributed by atoms with Crippen LogP contribution < -0.4 is 11.1 Å². The molecule has 1 aromatic rings. The Labute approximate surface area is 106 Å².